The molecular weight excluding hydrogens is 398 g/mol. The molecule has 0 spiro atoms. The molecule has 4 nitrogen and oxygen atoms in total. The van der Waals surface area contributed by atoms with Crippen LogP contribution in [0.2, 0.25) is 0 Å². The van der Waals surface area contributed by atoms with Gasteiger partial charge in [0.15, 0.2) is 0 Å². The van der Waals surface area contributed by atoms with Crippen molar-refractivity contribution in [1.82, 2.24) is 14.7 Å². The summed E-state index contributed by atoms with van der Waals surface area (Å²) in [5.74, 6) is -0.0167. The van der Waals surface area contributed by atoms with Gasteiger partial charge in [-0.05, 0) is 48.6 Å². The summed E-state index contributed by atoms with van der Waals surface area (Å²) in [7, 11) is 4.00. The Hall–Kier alpha value is -0.980. The van der Waals surface area contributed by atoms with Gasteiger partial charge in [-0.2, -0.15) is 5.10 Å². The minimum absolute atomic E-state index is 0.0167. The third kappa shape index (κ3) is 3.62. The second-order valence-electron chi connectivity index (χ2n) is 5.11. The molecule has 112 valence electrons. The average molecular weight is 415 g/mol. The van der Waals surface area contributed by atoms with Crippen molar-refractivity contribution >= 4 is 37.6 Å². The summed E-state index contributed by atoms with van der Waals surface area (Å²) in [5.41, 5.74) is 2.23. The molecule has 0 radical (unpaired) electrons. The zero-order chi connectivity index (χ0) is 15.6. The van der Waals surface area contributed by atoms with Crippen LogP contribution in [0.5, 0.6) is 0 Å². The number of hydrogen-bond donors (Lipinski definition) is 0. The van der Waals surface area contributed by atoms with Gasteiger partial charge in [-0.1, -0.05) is 28.1 Å². The van der Waals surface area contributed by atoms with Crippen LogP contribution >= 0.6 is 31.9 Å². The van der Waals surface area contributed by atoms with Crippen molar-refractivity contribution in [2.24, 2.45) is 0 Å². The van der Waals surface area contributed by atoms with Crippen LogP contribution in [-0.4, -0.2) is 41.1 Å². The molecule has 0 amide bonds. The van der Waals surface area contributed by atoms with Crippen molar-refractivity contribution in [1.29, 1.82) is 0 Å². The van der Waals surface area contributed by atoms with E-state index in [4.69, 9.17) is 0 Å². The van der Waals surface area contributed by atoms with Crippen LogP contribution in [0.25, 0.3) is 0 Å². The van der Waals surface area contributed by atoms with Gasteiger partial charge in [-0.15, -0.1) is 0 Å². The van der Waals surface area contributed by atoms with Crippen molar-refractivity contribution < 1.29 is 4.79 Å². The maximum absolute atomic E-state index is 12.8. The van der Waals surface area contributed by atoms with Gasteiger partial charge in [-0.25, -0.2) is 0 Å². The number of likely N-dealkylation sites (N-methyl/N-ethyl adjacent to an activating group) is 1. The first-order valence-corrected chi connectivity index (χ1v) is 8.16. The highest BCUT2D eigenvalue weighted by atomic mass is 79.9. The number of rotatable bonds is 5. The molecule has 2 aromatic rings. The Labute approximate surface area is 141 Å². The highest BCUT2D eigenvalue weighted by Gasteiger charge is 2.21. The van der Waals surface area contributed by atoms with Gasteiger partial charge < -0.3 is 4.90 Å². The number of ketones is 1. The molecular formula is C15H17Br2N3O. The van der Waals surface area contributed by atoms with Gasteiger partial charge in [0.2, 0.25) is 5.78 Å². The van der Waals surface area contributed by atoms with E-state index in [1.807, 2.05) is 39.2 Å². The van der Waals surface area contributed by atoms with Crippen molar-refractivity contribution in [3.8, 4) is 0 Å². The molecule has 1 aromatic heterocycles. The lowest BCUT2D eigenvalue weighted by Gasteiger charge is -2.13. The highest BCUT2D eigenvalue weighted by molar-refractivity contribution is 9.10. The second kappa shape index (κ2) is 6.85. The second-order valence-corrected chi connectivity index (χ2v) is 6.82. The van der Waals surface area contributed by atoms with Crippen LogP contribution in [0.1, 0.15) is 21.6 Å². The minimum atomic E-state index is -0.0167. The Morgan fingerprint density at radius 2 is 2.00 bits per heavy atom. The van der Waals surface area contributed by atoms with E-state index >= 15 is 0 Å². The molecule has 0 aliphatic carbocycles. The fourth-order valence-electron chi connectivity index (χ4n) is 2.03. The Bertz CT molecular complexity index is 665. The van der Waals surface area contributed by atoms with E-state index in [2.05, 4.69) is 41.9 Å². The van der Waals surface area contributed by atoms with Crippen LogP contribution in [0.3, 0.4) is 0 Å². The summed E-state index contributed by atoms with van der Waals surface area (Å²) in [6.45, 7) is 3.43. The molecule has 0 bridgehead atoms. The SMILES string of the molecule is Cc1c(Br)cccc1C(=O)c1c(Br)cnn1CCN(C)C. The van der Waals surface area contributed by atoms with Crippen molar-refractivity contribution in [3.05, 3.63) is 50.2 Å². The predicted molar refractivity (Wildman–Crippen MR) is 90.8 cm³/mol. The van der Waals surface area contributed by atoms with Crippen LogP contribution in [0.15, 0.2) is 33.3 Å². The quantitative estimate of drug-likeness (QED) is 0.702. The van der Waals surface area contributed by atoms with E-state index in [0.717, 1.165) is 21.1 Å². The zero-order valence-electron chi connectivity index (χ0n) is 12.2. The lowest BCUT2D eigenvalue weighted by atomic mass is 10.0. The van der Waals surface area contributed by atoms with Gasteiger partial charge in [0, 0.05) is 16.6 Å². The number of aromatic nitrogens is 2. The number of hydrogen-bond acceptors (Lipinski definition) is 3. The van der Waals surface area contributed by atoms with Gasteiger partial charge in [-0.3, -0.25) is 9.48 Å². The highest BCUT2D eigenvalue weighted by Crippen LogP contribution is 2.25. The molecule has 0 saturated heterocycles. The summed E-state index contributed by atoms with van der Waals surface area (Å²) in [6.07, 6.45) is 1.68. The molecule has 1 heterocycles. The molecule has 0 atom stereocenters. The Morgan fingerprint density at radius 3 is 2.67 bits per heavy atom. The van der Waals surface area contributed by atoms with E-state index in [9.17, 15) is 4.79 Å². The maximum atomic E-state index is 12.8. The molecule has 2 rings (SSSR count). The lowest BCUT2D eigenvalue weighted by Crippen LogP contribution is -2.22. The minimum Gasteiger partial charge on any atom is -0.308 e. The van der Waals surface area contributed by atoms with Gasteiger partial charge in [0.05, 0.1) is 17.2 Å². The van der Waals surface area contributed by atoms with E-state index < -0.39 is 0 Å². The normalized spacial score (nSPS) is 11.1. The van der Waals surface area contributed by atoms with E-state index in [-0.39, 0.29) is 5.78 Å². The maximum Gasteiger partial charge on any atom is 0.212 e. The smallest absolute Gasteiger partial charge is 0.212 e. The molecule has 0 saturated carbocycles. The van der Waals surface area contributed by atoms with Gasteiger partial charge in [0.25, 0.3) is 0 Å². The van der Waals surface area contributed by atoms with E-state index in [1.54, 1.807) is 10.9 Å². The largest absolute Gasteiger partial charge is 0.308 e. The zero-order valence-corrected chi connectivity index (χ0v) is 15.4. The predicted octanol–water partition coefficient (Wildman–Crippen LogP) is 3.51. The summed E-state index contributed by atoms with van der Waals surface area (Å²) < 4.78 is 3.42. The number of carbonyl (C=O) groups is 1. The van der Waals surface area contributed by atoms with Gasteiger partial charge in [0.1, 0.15) is 5.69 Å². The molecule has 6 heteroatoms. The molecule has 0 aliphatic rings. The molecule has 0 fully saturated rings. The topological polar surface area (TPSA) is 38.1 Å². The lowest BCUT2D eigenvalue weighted by molar-refractivity contribution is 0.102. The number of carbonyl (C=O) groups excluding carboxylic acids is 1. The molecule has 0 unspecified atom stereocenters. The molecule has 21 heavy (non-hydrogen) atoms. The summed E-state index contributed by atoms with van der Waals surface area (Å²) in [6, 6.07) is 5.65. The van der Waals surface area contributed by atoms with Crippen LogP contribution in [-0.2, 0) is 6.54 Å². The van der Waals surface area contributed by atoms with Gasteiger partial charge >= 0.3 is 0 Å². The fourth-order valence-corrected chi connectivity index (χ4v) is 2.88. The van der Waals surface area contributed by atoms with Crippen molar-refractivity contribution in [2.45, 2.75) is 13.5 Å². The van der Waals surface area contributed by atoms with Crippen molar-refractivity contribution in [2.75, 3.05) is 20.6 Å². The van der Waals surface area contributed by atoms with Crippen LogP contribution in [0.4, 0.5) is 0 Å². The Kier molecular flexibility index (Phi) is 5.35. The summed E-state index contributed by atoms with van der Waals surface area (Å²) in [4.78, 5) is 14.9. The fraction of sp³-hybridized carbons (Fsp3) is 0.333. The summed E-state index contributed by atoms with van der Waals surface area (Å²) in [5, 5.41) is 4.30. The standard InChI is InChI=1S/C15H17Br2N3O/c1-10-11(5-4-6-12(10)16)15(21)14-13(17)9-18-20(14)8-7-19(2)3/h4-6,9H,7-8H2,1-3H3. The van der Waals surface area contributed by atoms with E-state index in [0.29, 0.717) is 17.8 Å². The molecule has 0 N–H and O–H groups in total. The molecule has 0 aliphatic heterocycles. The summed E-state index contributed by atoms with van der Waals surface area (Å²) >= 11 is 6.91. The number of nitrogens with zero attached hydrogens (tertiary/aromatic N) is 3. The van der Waals surface area contributed by atoms with Crippen LogP contribution in [0, 0.1) is 6.92 Å². The van der Waals surface area contributed by atoms with E-state index in [1.165, 1.54) is 0 Å². The van der Waals surface area contributed by atoms with Crippen molar-refractivity contribution in [3.63, 3.8) is 0 Å². The Balaban J connectivity index is 2.39. The first kappa shape index (κ1) is 16.4. The first-order chi connectivity index (χ1) is 9.91. The third-order valence-electron chi connectivity index (χ3n) is 3.28. The number of halogens is 2. The average Bonchev–Trinajstić information content (AvgIpc) is 2.80. The Morgan fingerprint density at radius 1 is 1.29 bits per heavy atom. The number of benzene rings is 1. The van der Waals surface area contributed by atoms with Crippen LogP contribution < -0.4 is 0 Å². The first-order valence-electron chi connectivity index (χ1n) is 6.57. The third-order valence-corrected chi connectivity index (χ3v) is 4.72. The monoisotopic (exact) mass is 413 g/mol. The molecule has 1 aromatic carbocycles.